The van der Waals surface area contributed by atoms with Crippen molar-refractivity contribution in [3.05, 3.63) is 77.5 Å². The van der Waals surface area contributed by atoms with Gasteiger partial charge in [-0.05, 0) is 86.5 Å². The molecule has 1 atom stereocenters. The summed E-state index contributed by atoms with van der Waals surface area (Å²) in [6.07, 6.45) is 2.92. The van der Waals surface area contributed by atoms with Crippen molar-refractivity contribution in [2.75, 3.05) is 20.7 Å². The highest BCUT2D eigenvalue weighted by molar-refractivity contribution is 6.31. The Kier molecular flexibility index (Phi) is 9.03. The van der Waals surface area contributed by atoms with Crippen LogP contribution < -0.4 is 15.4 Å². The Balaban J connectivity index is 0.00000107. The molecule has 0 aromatic heterocycles. The summed E-state index contributed by atoms with van der Waals surface area (Å²) in [6.45, 7) is 9.59. The van der Waals surface area contributed by atoms with Crippen LogP contribution in [0.5, 0.6) is 5.75 Å². The molecule has 1 saturated heterocycles. The third kappa shape index (κ3) is 6.54. The second-order valence-corrected chi connectivity index (χ2v) is 7.82. The van der Waals surface area contributed by atoms with Crippen LogP contribution in [-0.4, -0.2) is 32.3 Å². The summed E-state index contributed by atoms with van der Waals surface area (Å²) >= 11 is 6.42. The van der Waals surface area contributed by atoms with E-state index < -0.39 is 0 Å². The van der Waals surface area contributed by atoms with Crippen molar-refractivity contribution in [3.63, 3.8) is 0 Å². The predicted molar refractivity (Wildman–Crippen MR) is 129 cm³/mol. The molecule has 0 radical (unpaired) electrons. The zero-order valence-corrected chi connectivity index (χ0v) is 19.1. The first-order valence-corrected chi connectivity index (χ1v) is 10.5. The number of halogens is 1. The van der Waals surface area contributed by atoms with Gasteiger partial charge in [-0.25, -0.2) is 0 Å². The van der Waals surface area contributed by atoms with Gasteiger partial charge in [0, 0.05) is 10.7 Å². The van der Waals surface area contributed by atoms with Crippen LogP contribution in [0.25, 0.3) is 11.1 Å². The van der Waals surface area contributed by atoms with Gasteiger partial charge in [0.1, 0.15) is 12.4 Å². The Labute approximate surface area is 189 Å². The average Bonchev–Trinajstić information content (AvgIpc) is 2.73. The normalized spacial score (nSPS) is 15.4. The van der Waals surface area contributed by atoms with Crippen LogP contribution in [-0.2, 0) is 4.79 Å². The molecule has 2 aromatic carbocycles. The molecule has 5 nitrogen and oxygen atoms in total. The summed E-state index contributed by atoms with van der Waals surface area (Å²) in [4.78, 5) is 12.4. The molecule has 1 fully saturated rings. The highest BCUT2D eigenvalue weighted by Crippen LogP contribution is 2.36. The second kappa shape index (κ2) is 11.5. The summed E-state index contributed by atoms with van der Waals surface area (Å²) < 4.78 is 5.61. The molecule has 0 bridgehead atoms. The van der Waals surface area contributed by atoms with Crippen LogP contribution >= 0.6 is 11.6 Å². The van der Waals surface area contributed by atoms with Crippen molar-refractivity contribution in [1.29, 1.82) is 5.41 Å². The molecular formula is C25H30ClN3O2. The van der Waals surface area contributed by atoms with Crippen molar-refractivity contribution in [2.24, 2.45) is 0 Å². The molecule has 2 aromatic rings. The molecule has 3 rings (SSSR count). The SMILES string of the molecule is C=CC(=N)COc1ccc(-c2ccc(Cl)c(C3CCC(=C)NC3=O)c2)c(C)c1.CNC. The minimum atomic E-state index is -0.272. The van der Waals surface area contributed by atoms with E-state index in [2.05, 4.69) is 23.8 Å². The van der Waals surface area contributed by atoms with E-state index >= 15 is 0 Å². The topological polar surface area (TPSA) is 74.2 Å². The van der Waals surface area contributed by atoms with E-state index in [-0.39, 0.29) is 18.4 Å². The van der Waals surface area contributed by atoms with Crippen LogP contribution in [0, 0.1) is 12.3 Å². The van der Waals surface area contributed by atoms with Crippen LogP contribution in [0.15, 0.2) is 61.3 Å². The quantitative estimate of drug-likeness (QED) is 0.538. The molecule has 0 spiro atoms. The third-order valence-corrected chi connectivity index (χ3v) is 5.22. The van der Waals surface area contributed by atoms with E-state index in [9.17, 15) is 4.79 Å². The first-order chi connectivity index (χ1) is 14.8. The molecule has 3 N–H and O–H groups in total. The van der Waals surface area contributed by atoms with E-state index in [4.69, 9.17) is 21.7 Å². The number of carbonyl (C=O) groups excluding carboxylic acids is 1. The number of amides is 1. The van der Waals surface area contributed by atoms with E-state index in [1.807, 2.05) is 57.4 Å². The minimum Gasteiger partial charge on any atom is -0.487 e. The van der Waals surface area contributed by atoms with Crippen molar-refractivity contribution >= 4 is 23.2 Å². The van der Waals surface area contributed by atoms with E-state index in [0.29, 0.717) is 22.9 Å². The number of carbonyl (C=O) groups is 1. The number of ether oxygens (including phenoxy) is 1. The van der Waals surface area contributed by atoms with Crippen LogP contribution in [0.3, 0.4) is 0 Å². The lowest BCUT2D eigenvalue weighted by molar-refractivity contribution is -0.122. The Bertz CT molecular complexity index is 985. The molecule has 164 valence electrons. The van der Waals surface area contributed by atoms with Gasteiger partial charge < -0.3 is 20.8 Å². The van der Waals surface area contributed by atoms with E-state index in [1.165, 1.54) is 6.08 Å². The Hall–Kier alpha value is -2.89. The number of nitrogens with one attached hydrogen (secondary N) is 3. The largest absolute Gasteiger partial charge is 0.487 e. The number of benzene rings is 2. The summed E-state index contributed by atoms with van der Waals surface area (Å²) in [5.74, 6) is 0.374. The minimum absolute atomic E-state index is 0.0552. The molecular weight excluding hydrogens is 410 g/mol. The molecule has 1 aliphatic heterocycles. The van der Waals surface area contributed by atoms with Gasteiger partial charge in [-0.2, -0.15) is 0 Å². The van der Waals surface area contributed by atoms with Crippen LogP contribution in [0.4, 0.5) is 0 Å². The lowest BCUT2D eigenvalue weighted by atomic mass is 9.87. The molecule has 1 unspecified atom stereocenters. The predicted octanol–water partition coefficient (Wildman–Crippen LogP) is 5.24. The first kappa shape index (κ1) is 24.4. The van der Waals surface area contributed by atoms with Gasteiger partial charge in [0.25, 0.3) is 0 Å². The standard InChI is InChI=1S/C23H23ClN2O2.C2H7N/c1-4-17(25)13-28-18-7-9-19(14(2)11-18)16-6-10-22(24)21(12-16)20-8-5-15(3)26-23(20)27;1-3-2/h4,6-7,9-12,20,25H,1,3,5,8,13H2,2H3,(H,26,27);3H,1-2H3. The third-order valence-electron chi connectivity index (χ3n) is 4.87. The molecule has 0 aliphatic carbocycles. The van der Waals surface area contributed by atoms with Gasteiger partial charge in [-0.3, -0.25) is 4.79 Å². The van der Waals surface area contributed by atoms with Gasteiger partial charge in [0.15, 0.2) is 0 Å². The Morgan fingerprint density at radius 2 is 2.03 bits per heavy atom. The van der Waals surface area contributed by atoms with Crippen molar-refractivity contribution in [3.8, 4) is 16.9 Å². The van der Waals surface area contributed by atoms with E-state index in [1.54, 1.807) is 0 Å². The second-order valence-electron chi connectivity index (χ2n) is 7.42. The van der Waals surface area contributed by atoms with Crippen LogP contribution in [0.2, 0.25) is 5.02 Å². The zero-order chi connectivity index (χ0) is 23.0. The highest BCUT2D eigenvalue weighted by atomic mass is 35.5. The highest BCUT2D eigenvalue weighted by Gasteiger charge is 2.27. The fourth-order valence-electron chi connectivity index (χ4n) is 3.32. The maximum Gasteiger partial charge on any atom is 0.231 e. The monoisotopic (exact) mass is 439 g/mol. The van der Waals surface area contributed by atoms with Crippen LogP contribution in [0.1, 0.15) is 29.9 Å². The molecule has 1 heterocycles. The maximum atomic E-state index is 12.4. The lowest BCUT2D eigenvalue weighted by Crippen LogP contribution is -2.33. The number of hydrogen-bond acceptors (Lipinski definition) is 4. The Morgan fingerprint density at radius 1 is 1.32 bits per heavy atom. The number of rotatable bonds is 6. The fourth-order valence-corrected chi connectivity index (χ4v) is 3.57. The smallest absolute Gasteiger partial charge is 0.231 e. The molecule has 0 saturated carbocycles. The summed E-state index contributed by atoms with van der Waals surface area (Å²) in [6, 6.07) is 11.6. The van der Waals surface area contributed by atoms with Crippen molar-refractivity contribution in [1.82, 2.24) is 10.6 Å². The maximum absolute atomic E-state index is 12.4. The summed E-state index contributed by atoms with van der Waals surface area (Å²) in [5.41, 5.74) is 5.01. The number of allylic oxidation sites excluding steroid dienone is 1. The number of piperidine rings is 1. The van der Waals surface area contributed by atoms with Crippen molar-refractivity contribution < 1.29 is 9.53 Å². The molecule has 31 heavy (non-hydrogen) atoms. The summed E-state index contributed by atoms with van der Waals surface area (Å²) in [7, 11) is 3.75. The fraction of sp³-hybridized carbons (Fsp3) is 0.280. The summed E-state index contributed by atoms with van der Waals surface area (Å²) in [5, 5.41) is 13.8. The molecule has 6 heteroatoms. The molecule has 1 aliphatic rings. The molecule has 1 amide bonds. The van der Waals surface area contributed by atoms with Gasteiger partial charge >= 0.3 is 0 Å². The Morgan fingerprint density at radius 3 is 2.65 bits per heavy atom. The van der Waals surface area contributed by atoms with Gasteiger partial charge in [-0.15, -0.1) is 0 Å². The van der Waals surface area contributed by atoms with Gasteiger partial charge in [0.2, 0.25) is 5.91 Å². The average molecular weight is 440 g/mol. The van der Waals surface area contributed by atoms with Gasteiger partial charge in [-0.1, -0.05) is 36.9 Å². The van der Waals surface area contributed by atoms with E-state index in [0.717, 1.165) is 34.4 Å². The van der Waals surface area contributed by atoms with Gasteiger partial charge in [0.05, 0.1) is 11.6 Å². The number of aryl methyl sites for hydroxylation is 1. The lowest BCUT2D eigenvalue weighted by Gasteiger charge is -2.25. The zero-order valence-electron chi connectivity index (χ0n) is 18.3. The first-order valence-electron chi connectivity index (χ1n) is 10.1. The number of hydrogen-bond donors (Lipinski definition) is 3. The van der Waals surface area contributed by atoms with Crippen molar-refractivity contribution in [2.45, 2.75) is 25.7 Å².